The van der Waals surface area contributed by atoms with Crippen molar-refractivity contribution in [2.45, 2.75) is 38.8 Å². The van der Waals surface area contributed by atoms with Crippen LogP contribution < -0.4 is 5.32 Å². The maximum Gasteiger partial charge on any atom is 0.274 e. The Morgan fingerprint density at radius 1 is 1.50 bits per heavy atom. The number of carbonyl (C=O) groups excluding carboxylic acids is 2. The van der Waals surface area contributed by atoms with Gasteiger partial charge in [0.1, 0.15) is 6.26 Å². The zero-order valence-corrected chi connectivity index (χ0v) is 13.0. The lowest BCUT2D eigenvalue weighted by molar-refractivity contribution is -0.142. The maximum absolute atomic E-state index is 12.3. The Balaban J connectivity index is 1.51. The summed E-state index contributed by atoms with van der Waals surface area (Å²) in [6.45, 7) is 6.88. The SMILES string of the molecule is CCN1CCCC(N2CC(NC(=O)c3nocc3C)C2)C1=O. The van der Waals surface area contributed by atoms with Crippen molar-refractivity contribution in [1.29, 1.82) is 0 Å². The molecule has 1 aromatic heterocycles. The molecule has 7 nitrogen and oxygen atoms in total. The highest BCUT2D eigenvalue weighted by molar-refractivity contribution is 5.93. The predicted molar refractivity (Wildman–Crippen MR) is 79.3 cm³/mol. The predicted octanol–water partition coefficient (Wildman–Crippen LogP) is 0.408. The van der Waals surface area contributed by atoms with Crippen LogP contribution in [0.3, 0.4) is 0 Å². The van der Waals surface area contributed by atoms with E-state index in [0.717, 1.165) is 44.6 Å². The van der Waals surface area contributed by atoms with Gasteiger partial charge in [0.2, 0.25) is 5.91 Å². The number of nitrogens with one attached hydrogen (secondary N) is 1. The van der Waals surface area contributed by atoms with Gasteiger partial charge < -0.3 is 14.7 Å². The third-order valence-electron chi connectivity index (χ3n) is 4.53. The number of aromatic nitrogens is 1. The molecule has 2 aliphatic rings. The molecule has 0 saturated carbocycles. The Hall–Kier alpha value is -1.89. The monoisotopic (exact) mass is 306 g/mol. The molecule has 120 valence electrons. The van der Waals surface area contributed by atoms with E-state index in [9.17, 15) is 9.59 Å². The number of rotatable bonds is 4. The van der Waals surface area contributed by atoms with Crippen molar-refractivity contribution in [1.82, 2.24) is 20.3 Å². The Morgan fingerprint density at radius 3 is 2.91 bits per heavy atom. The molecule has 1 atom stereocenters. The molecule has 2 fully saturated rings. The van der Waals surface area contributed by atoms with Crippen molar-refractivity contribution >= 4 is 11.8 Å². The van der Waals surface area contributed by atoms with E-state index >= 15 is 0 Å². The van der Waals surface area contributed by atoms with Crippen LogP contribution in [0.5, 0.6) is 0 Å². The molecule has 7 heteroatoms. The fourth-order valence-electron chi connectivity index (χ4n) is 3.19. The molecule has 1 N–H and O–H groups in total. The van der Waals surface area contributed by atoms with Crippen LogP contribution in [-0.2, 0) is 4.79 Å². The smallest absolute Gasteiger partial charge is 0.274 e. The van der Waals surface area contributed by atoms with Crippen molar-refractivity contribution in [2.24, 2.45) is 0 Å². The highest BCUT2D eigenvalue weighted by Gasteiger charge is 2.39. The number of piperidine rings is 1. The average Bonchev–Trinajstić information content (AvgIpc) is 2.89. The summed E-state index contributed by atoms with van der Waals surface area (Å²) in [5.41, 5.74) is 1.07. The molecular weight excluding hydrogens is 284 g/mol. The van der Waals surface area contributed by atoms with E-state index in [0.29, 0.717) is 5.69 Å². The van der Waals surface area contributed by atoms with E-state index in [4.69, 9.17) is 4.52 Å². The number of carbonyl (C=O) groups is 2. The standard InChI is InChI=1S/C15H22N4O3/c1-3-18-6-4-5-12(15(18)21)19-7-11(8-19)16-14(20)13-10(2)9-22-17-13/h9,11-12H,3-8H2,1-2H3,(H,16,20). The van der Waals surface area contributed by atoms with Gasteiger partial charge in [-0.25, -0.2) is 0 Å². The van der Waals surface area contributed by atoms with Gasteiger partial charge in [-0.15, -0.1) is 0 Å². The second-order valence-corrected chi connectivity index (χ2v) is 6.05. The van der Waals surface area contributed by atoms with E-state index in [1.54, 1.807) is 6.92 Å². The second kappa shape index (κ2) is 6.08. The summed E-state index contributed by atoms with van der Waals surface area (Å²) in [7, 11) is 0. The zero-order chi connectivity index (χ0) is 15.7. The minimum Gasteiger partial charge on any atom is -0.364 e. The van der Waals surface area contributed by atoms with Crippen LogP contribution in [0.25, 0.3) is 0 Å². The summed E-state index contributed by atoms with van der Waals surface area (Å²) in [6.07, 6.45) is 3.43. The molecule has 22 heavy (non-hydrogen) atoms. The first-order valence-electron chi connectivity index (χ1n) is 7.84. The largest absolute Gasteiger partial charge is 0.364 e. The number of nitrogens with zero attached hydrogens (tertiary/aromatic N) is 3. The summed E-state index contributed by atoms with van der Waals surface area (Å²) < 4.78 is 4.78. The van der Waals surface area contributed by atoms with Gasteiger partial charge in [-0.1, -0.05) is 5.16 Å². The maximum atomic E-state index is 12.3. The molecule has 3 heterocycles. The fraction of sp³-hybridized carbons (Fsp3) is 0.667. The minimum absolute atomic E-state index is 0.0179. The molecule has 0 spiro atoms. The first-order chi connectivity index (χ1) is 10.6. The summed E-state index contributed by atoms with van der Waals surface area (Å²) in [5, 5.41) is 6.65. The lowest BCUT2D eigenvalue weighted by atomic mass is 9.97. The van der Waals surface area contributed by atoms with E-state index < -0.39 is 0 Å². The topological polar surface area (TPSA) is 78.7 Å². The Labute approximate surface area is 129 Å². The van der Waals surface area contributed by atoms with Crippen LogP contribution in [0.15, 0.2) is 10.8 Å². The van der Waals surface area contributed by atoms with E-state index in [1.807, 2.05) is 11.8 Å². The normalized spacial score (nSPS) is 23.5. The van der Waals surface area contributed by atoms with Gasteiger partial charge in [0.25, 0.3) is 5.91 Å². The van der Waals surface area contributed by atoms with Crippen molar-refractivity contribution in [2.75, 3.05) is 26.2 Å². The Kier molecular flexibility index (Phi) is 4.15. The number of hydrogen-bond acceptors (Lipinski definition) is 5. The van der Waals surface area contributed by atoms with Gasteiger partial charge in [-0.05, 0) is 26.7 Å². The molecule has 0 aromatic carbocycles. The summed E-state index contributed by atoms with van der Waals surface area (Å²) >= 11 is 0. The first-order valence-corrected chi connectivity index (χ1v) is 7.84. The quantitative estimate of drug-likeness (QED) is 0.871. The van der Waals surface area contributed by atoms with Gasteiger partial charge in [-0.2, -0.15) is 0 Å². The van der Waals surface area contributed by atoms with Crippen LogP contribution in [0.2, 0.25) is 0 Å². The van der Waals surface area contributed by atoms with Crippen molar-refractivity contribution in [3.05, 3.63) is 17.5 Å². The summed E-state index contributed by atoms with van der Waals surface area (Å²) in [6, 6.07) is 0.0593. The van der Waals surface area contributed by atoms with Gasteiger partial charge in [0.05, 0.1) is 12.1 Å². The van der Waals surface area contributed by atoms with Crippen LogP contribution in [-0.4, -0.2) is 65.0 Å². The van der Waals surface area contributed by atoms with Gasteiger partial charge in [0.15, 0.2) is 5.69 Å². The van der Waals surface area contributed by atoms with Gasteiger partial charge >= 0.3 is 0 Å². The summed E-state index contributed by atoms with van der Waals surface area (Å²) in [5.74, 6) is 0.0203. The number of likely N-dealkylation sites (tertiary alicyclic amines) is 2. The molecule has 2 amide bonds. The third-order valence-corrected chi connectivity index (χ3v) is 4.53. The Bertz CT molecular complexity index is 565. The minimum atomic E-state index is -0.207. The first kappa shape index (κ1) is 15.0. The highest BCUT2D eigenvalue weighted by Crippen LogP contribution is 2.22. The number of amides is 2. The second-order valence-electron chi connectivity index (χ2n) is 6.05. The van der Waals surface area contributed by atoms with Crippen molar-refractivity contribution in [3.63, 3.8) is 0 Å². The van der Waals surface area contributed by atoms with E-state index in [2.05, 4.69) is 15.4 Å². The van der Waals surface area contributed by atoms with E-state index in [-0.39, 0.29) is 23.9 Å². The van der Waals surface area contributed by atoms with Crippen molar-refractivity contribution < 1.29 is 14.1 Å². The lowest BCUT2D eigenvalue weighted by Gasteiger charge is -2.46. The zero-order valence-electron chi connectivity index (χ0n) is 13.0. The third kappa shape index (κ3) is 2.72. The lowest BCUT2D eigenvalue weighted by Crippen LogP contribution is -2.66. The molecule has 0 radical (unpaired) electrons. The fourth-order valence-corrected chi connectivity index (χ4v) is 3.19. The van der Waals surface area contributed by atoms with Crippen molar-refractivity contribution in [3.8, 4) is 0 Å². The van der Waals surface area contributed by atoms with Crippen LogP contribution in [0, 0.1) is 6.92 Å². The molecular formula is C15H22N4O3. The highest BCUT2D eigenvalue weighted by atomic mass is 16.5. The van der Waals surface area contributed by atoms with E-state index in [1.165, 1.54) is 6.26 Å². The average molecular weight is 306 g/mol. The van der Waals surface area contributed by atoms with Gasteiger partial charge in [-0.3, -0.25) is 14.5 Å². The molecule has 0 bridgehead atoms. The number of likely N-dealkylation sites (N-methyl/N-ethyl adjacent to an activating group) is 1. The molecule has 2 aliphatic heterocycles. The molecule has 0 aliphatic carbocycles. The molecule has 1 unspecified atom stereocenters. The molecule has 3 rings (SSSR count). The number of hydrogen-bond donors (Lipinski definition) is 1. The Morgan fingerprint density at radius 2 is 2.27 bits per heavy atom. The van der Waals surface area contributed by atoms with Crippen LogP contribution in [0.4, 0.5) is 0 Å². The van der Waals surface area contributed by atoms with Crippen LogP contribution in [0.1, 0.15) is 35.8 Å². The van der Waals surface area contributed by atoms with Crippen LogP contribution >= 0.6 is 0 Å². The summed E-state index contributed by atoms with van der Waals surface area (Å²) in [4.78, 5) is 28.4. The molecule has 2 saturated heterocycles. The number of aryl methyl sites for hydroxylation is 1. The molecule has 1 aromatic rings. The van der Waals surface area contributed by atoms with Gasteiger partial charge in [0, 0.05) is 31.7 Å².